The number of piperazine rings is 1. The molecule has 0 radical (unpaired) electrons. The zero-order valence-corrected chi connectivity index (χ0v) is 14.1. The Morgan fingerprint density at radius 3 is 2.30 bits per heavy atom. The minimum absolute atomic E-state index is 0.00291. The summed E-state index contributed by atoms with van der Waals surface area (Å²) in [5, 5.41) is 2.61. The van der Waals surface area contributed by atoms with Crippen LogP contribution in [0.1, 0.15) is 11.1 Å². The predicted octanol–water partition coefficient (Wildman–Crippen LogP) is 0.572. The van der Waals surface area contributed by atoms with Crippen LogP contribution >= 0.6 is 0 Å². The van der Waals surface area contributed by atoms with Crippen LogP contribution in [0.15, 0.2) is 18.2 Å². The van der Waals surface area contributed by atoms with Crippen LogP contribution in [0.4, 0.5) is 0 Å². The number of benzene rings is 1. The number of amides is 2. The molecule has 1 saturated heterocycles. The number of nitrogens with one attached hydrogen (secondary N) is 1. The Bertz CT molecular complexity index is 546. The fraction of sp³-hybridized carbons (Fsp3) is 0.529. The van der Waals surface area contributed by atoms with Gasteiger partial charge in [0.15, 0.2) is 6.61 Å². The number of hydrogen-bond acceptors (Lipinski definition) is 4. The molecule has 1 aromatic carbocycles. The SMILES string of the molecule is CNC(=O)CN1CCN(C(=O)COc2c(C)cccc2C)CC1. The van der Waals surface area contributed by atoms with E-state index in [0.29, 0.717) is 32.7 Å². The zero-order chi connectivity index (χ0) is 16.8. The first-order valence-electron chi connectivity index (χ1n) is 7.91. The molecule has 0 saturated carbocycles. The van der Waals surface area contributed by atoms with Crippen LogP contribution < -0.4 is 10.1 Å². The van der Waals surface area contributed by atoms with Gasteiger partial charge in [-0.2, -0.15) is 0 Å². The van der Waals surface area contributed by atoms with Gasteiger partial charge >= 0.3 is 0 Å². The quantitative estimate of drug-likeness (QED) is 0.862. The fourth-order valence-electron chi connectivity index (χ4n) is 2.69. The molecule has 0 atom stereocenters. The van der Waals surface area contributed by atoms with E-state index in [1.165, 1.54) is 0 Å². The zero-order valence-electron chi connectivity index (χ0n) is 14.1. The largest absolute Gasteiger partial charge is 0.483 e. The number of aryl methyl sites for hydroxylation is 2. The van der Waals surface area contributed by atoms with Crippen molar-refractivity contribution in [3.8, 4) is 5.75 Å². The number of para-hydroxylation sites is 1. The molecule has 1 aromatic rings. The number of carbonyl (C=O) groups is 2. The molecule has 23 heavy (non-hydrogen) atoms. The molecule has 126 valence electrons. The summed E-state index contributed by atoms with van der Waals surface area (Å²) in [5.74, 6) is 0.787. The highest BCUT2D eigenvalue weighted by atomic mass is 16.5. The Morgan fingerprint density at radius 2 is 1.74 bits per heavy atom. The highest BCUT2D eigenvalue weighted by Gasteiger charge is 2.22. The molecule has 1 aliphatic rings. The highest BCUT2D eigenvalue weighted by molar-refractivity contribution is 5.78. The molecule has 1 N–H and O–H groups in total. The van der Waals surface area contributed by atoms with Gasteiger partial charge in [0.1, 0.15) is 5.75 Å². The van der Waals surface area contributed by atoms with E-state index in [1.807, 2.05) is 32.0 Å². The van der Waals surface area contributed by atoms with Gasteiger partial charge in [0.05, 0.1) is 6.54 Å². The number of ether oxygens (including phenoxy) is 1. The summed E-state index contributed by atoms with van der Waals surface area (Å²) >= 11 is 0. The summed E-state index contributed by atoms with van der Waals surface area (Å²) in [6, 6.07) is 5.93. The van der Waals surface area contributed by atoms with E-state index in [1.54, 1.807) is 11.9 Å². The first-order chi connectivity index (χ1) is 11.0. The van der Waals surface area contributed by atoms with Crippen LogP contribution in [0, 0.1) is 13.8 Å². The lowest BCUT2D eigenvalue weighted by Crippen LogP contribution is -2.51. The van der Waals surface area contributed by atoms with E-state index < -0.39 is 0 Å². The average molecular weight is 319 g/mol. The van der Waals surface area contributed by atoms with Gasteiger partial charge in [0, 0.05) is 33.2 Å². The van der Waals surface area contributed by atoms with Crippen molar-refractivity contribution < 1.29 is 14.3 Å². The molecular formula is C17H25N3O3. The normalized spacial score (nSPS) is 15.3. The van der Waals surface area contributed by atoms with Crippen molar-refractivity contribution in [1.29, 1.82) is 0 Å². The average Bonchev–Trinajstić information content (AvgIpc) is 2.54. The summed E-state index contributed by atoms with van der Waals surface area (Å²) in [6.07, 6.45) is 0. The summed E-state index contributed by atoms with van der Waals surface area (Å²) in [4.78, 5) is 27.5. The predicted molar refractivity (Wildman–Crippen MR) is 88.5 cm³/mol. The van der Waals surface area contributed by atoms with Gasteiger partial charge in [-0.15, -0.1) is 0 Å². The Morgan fingerprint density at radius 1 is 1.13 bits per heavy atom. The Balaban J connectivity index is 1.80. The first-order valence-corrected chi connectivity index (χ1v) is 7.91. The van der Waals surface area contributed by atoms with Crippen molar-refractivity contribution in [1.82, 2.24) is 15.1 Å². The van der Waals surface area contributed by atoms with E-state index in [0.717, 1.165) is 16.9 Å². The topological polar surface area (TPSA) is 61.9 Å². The van der Waals surface area contributed by atoms with Crippen LogP contribution in [0.25, 0.3) is 0 Å². The van der Waals surface area contributed by atoms with Gasteiger partial charge in [-0.25, -0.2) is 0 Å². The summed E-state index contributed by atoms with van der Waals surface area (Å²) in [5.41, 5.74) is 2.07. The highest BCUT2D eigenvalue weighted by Crippen LogP contribution is 2.22. The Hall–Kier alpha value is -2.08. The molecule has 0 aliphatic carbocycles. The molecule has 0 aromatic heterocycles. The lowest BCUT2D eigenvalue weighted by atomic mass is 10.1. The fourth-order valence-corrected chi connectivity index (χ4v) is 2.69. The number of rotatable bonds is 5. The minimum Gasteiger partial charge on any atom is -0.483 e. The van der Waals surface area contributed by atoms with Crippen LogP contribution in [-0.2, 0) is 9.59 Å². The van der Waals surface area contributed by atoms with Gasteiger partial charge in [0.25, 0.3) is 5.91 Å². The van der Waals surface area contributed by atoms with E-state index >= 15 is 0 Å². The van der Waals surface area contributed by atoms with Crippen LogP contribution in [0.3, 0.4) is 0 Å². The van der Waals surface area contributed by atoms with Crippen LogP contribution in [0.2, 0.25) is 0 Å². The number of likely N-dealkylation sites (N-methyl/N-ethyl adjacent to an activating group) is 1. The first kappa shape index (κ1) is 17.3. The molecule has 1 fully saturated rings. The number of hydrogen-bond donors (Lipinski definition) is 1. The monoisotopic (exact) mass is 319 g/mol. The second-order valence-electron chi connectivity index (χ2n) is 5.84. The standard InChI is InChI=1S/C17H25N3O3/c1-13-5-4-6-14(2)17(13)23-12-16(22)20-9-7-19(8-10-20)11-15(21)18-3/h4-6H,7-12H2,1-3H3,(H,18,21). The Labute approximate surface area is 137 Å². The van der Waals surface area contributed by atoms with E-state index in [2.05, 4.69) is 10.2 Å². The maximum Gasteiger partial charge on any atom is 0.260 e. The molecule has 6 nitrogen and oxygen atoms in total. The van der Waals surface area contributed by atoms with E-state index in [4.69, 9.17) is 4.74 Å². The van der Waals surface area contributed by atoms with Gasteiger partial charge in [-0.3, -0.25) is 14.5 Å². The second kappa shape index (κ2) is 7.97. The number of carbonyl (C=O) groups excluding carboxylic acids is 2. The third-order valence-electron chi connectivity index (χ3n) is 4.12. The minimum atomic E-state index is -0.00718. The molecule has 1 aliphatic heterocycles. The molecule has 6 heteroatoms. The van der Waals surface area contributed by atoms with E-state index in [-0.39, 0.29) is 18.4 Å². The van der Waals surface area contributed by atoms with Gasteiger partial charge in [0.2, 0.25) is 5.91 Å². The molecule has 1 heterocycles. The number of nitrogens with zero attached hydrogens (tertiary/aromatic N) is 2. The molecule has 0 unspecified atom stereocenters. The van der Waals surface area contributed by atoms with Crippen molar-refractivity contribution in [3.05, 3.63) is 29.3 Å². The summed E-state index contributed by atoms with van der Waals surface area (Å²) in [6.45, 7) is 7.08. The molecule has 2 amide bonds. The van der Waals surface area contributed by atoms with Crippen molar-refractivity contribution >= 4 is 11.8 Å². The van der Waals surface area contributed by atoms with E-state index in [9.17, 15) is 9.59 Å². The Kier molecular flexibility index (Phi) is 5.98. The van der Waals surface area contributed by atoms with Crippen LogP contribution in [0.5, 0.6) is 5.75 Å². The molecule has 0 bridgehead atoms. The van der Waals surface area contributed by atoms with Crippen molar-refractivity contribution in [2.75, 3.05) is 46.4 Å². The van der Waals surface area contributed by atoms with Crippen molar-refractivity contribution in [3.63, 3.8) is 0 Å². The van der Waals surface area contributed by atoms with Crippen LogP contribution in [-0.4, -0.2) is 68.0 Å². The van der Waals surface area contributed by atoms with Crippen molar-refractivity contribution in [2.45, 2.75) is 13.8 Å². The van der Waals surface area contributed by atoms with Gasteiger partial charge < -0.3 is 15.0 Å². The lowest BCUT2D eigenvalue weighted by molar-refractivity contribution is -0.135. The lowest BCUT2D eigenvalue weighted by Gasteiger charge is -2.34. The third kappa shape index (κ3) is 4.69. The maximum absolute atomic E-state index is 12.3. The smallest absolute Gasteiger partial charge is 0.260 e. The van der Waals surface area contributed by atoms with Gasteiger partial charge in [-0.1, -0.05) is 18.2 Å². The van der Waals surface area contributed by atoms with Gasteiger partial charge in [-0.05, 0) is 25.0 Å². The molecule has 0 spiro atoms. The molecule has 2 rings (SSSR count). The molecular weight excluding hydrogens is 294 g/mol. The van der Waals surface area contributed by atoms with Crippen molar-refractivity contribution in [2.24, 2.45) is 0 Å². The maximum atomic E-state index is 12.3. The summed E-state index contributed by atoms with van der Waals surface area (Å²) in [7, 11) is 1.63. The summed E-state index contributed by atoms with van der Waals surface area (Å²) < 4.78 is 5.72. The third-order valence-corrected chi connectivity index (χ3v) is 4.12. The second-order valence-corrected chi connectivity index (χ2v) is 5.84.